The van der Waals surface area contributed by atoms with Gasteiger partial charge in [-0.25, -0.2) is 0 Å². The quantitative estimate of drug-likeness (QED) is 0.800. The second-order valence-electron chi connectivity index (χ2n) is 5.25. The molecule has 2 unspecified atom stereocenters. The SMILES string of the molecule is COc1ccc2c(c1SCc1ccccc1)OC1CC1O2. The third kappa shape index (κ3) is 2.44. The first-order chi connectivity index (χ1) is 10.3. The van der Waals surface area contributed by atoms with Crippen molar-refractivity contribution in [3.8, 4) is 17.2 Å². The minimum atomic E-state index is 0.223. The van der Waals surface area contributed by atoms with E-state index in [0.717, 1.165) is 34.3 Å². The standard InChI is InChI=1S/C17H16O3S/c1-18-13-8-7-12-16(20-15-9-14(15)19-12)17(13)21-10-11-5-3-2-4-6-11/h2-8,14-15H,9-10H2,1H3. The van der Waals surface area contributed by atoms with Crippen LogP contribution in [-0.4, -0.2) is 19.3 Å². The number of hydrogen-bond acceptors (Lipinski definition) is 4. The van der Waals surface area contributed by atoms with Crippen LogP contribution in [0.25, 0.3) is 0 Å². The second-order valence-corrected chi connectivity index (χ2v) is 6.23. The predicted molar refractivity (Wildman–Crippen MR) is 82.4 cm³/mol. The van der Waals surface area contributed by atoms with E-state index >= 15 is 0 Å². The zero-order valence-corrected chi connectivity index (χ0v) is 12.6. The molecule has 4 rings (SSSR count). The molecule has 0 bridgehead atoms. The van der Waals surface area contributed by atoms with E-state index in [0.29, 0.717) is 0 Å². The number of fused-ring (bicyclic) bond motifs is 2. The molecule has 0 spiro atoms. The Bertz CT molecular complexity index is 657. The van der Waals surface area contributed by atoms with E-state index in [4.69, 9.17) is 14.2 Å². The molecule has 3 nitrogen and oxygen atoms in total. The summed E-state index contributed by atoms with van der Waals surface area (Å²) < 4.78 is 17.4. The summed E-state index contributed by atoms with van der Waals surface area (Å²) in [5.74, 6) is 3.40. The molecule has 0 amide bonds. The van der Waals surface area contributed by atoms with E-state index in [2.05, 4.69) is 24.3 Å². The van der Waals surface area contributed by atoms with Gasteiger partial charge in [0.2, 0.25) is 0 Å². The van der Waals surface area contributed by atoms with Gasteiger partial charge in [-0.3, -0.25) is 0 Å². The highest BCUT2D eigenvalue weighted by atomic mass is 32.2. The van der Waals surface area contributed by atoms with Crippen LogP contribution < -0.4 is 14.2 Å². The molecule has 1 aliphatic heterocycles. The van der Waals surface area contributed by atoms with Gasteiger partial charge in [0, 0.05) is 12.2 Å². The summed E-state index contributed by atoms with van der Waals surface area (Å²) in [6.07, 6.45) is 1.46. The predicted octanol–water partition coefficient (Wildman–Crippen LogP) is 3.90. The third-order valence-corrected chi connectivity index (χ3v) is 4.86. The van der Waals surface area contributed by atoms with Gasteiger partial charge < -0.3 is 14.2 Å². The van der Waals surface area contributed by atoms with Crippen molar-refractivity contribution < 1.29 is 14.2 Å². The van der Waals surface area contributed by atoms with Gasteiger partial charge in [0.1, 0.15) is 18.0 Å². The first-order valence-electron chi connectivity index (χ1n) is 7.06. The molecule has 1 fully saturated rings. The van der Waals surface area contributed by atoms with Crippen molar-refractivity contribution in [3.05, 3.63) is 48.0 Å². The van der Waals surface area contributed by atoms with Crippen molar-refractivity contribution in [2.24, 2.45) is 0 Å². The first kappa shape index (κ1) is 12.9. The van der Waals surface area contributed by atoms with Crippen molar-refractivity contribution in [2.45, 2.75) is 29.3 Å². The van der Waals surface area contributed by atoms with E-state index in [9.17, 15) is 0 Å². The zero-order valence-electron chi connectivity index (χ0n) is 11.7. The van der Waals surface area contributed by atoms with Crippen molar-refractivity contribution in [2.75, 3.05) is 7.11 Å². The van der Waals surface area contributed by atoms with E-state index in [-0.39, 0.29) is 12.2 Å². The number of rotatable bonds is 4. The minimum Gasteiger partial charge on any atom is -0.495 e. The van der Waals surface area contributed by atoms with Crippen molar-refractivity contribution >= 4 is 11.8 Å². The summed E-state index contributed by atoms with van der Waals surface area (Å²) in [5, 5.41) is 0. The van der Waals surface area contributed by atoms with Gasteiger partial charge in [-0.15, -0.1) is 11.8 Å². The Morgan fingerprint density at radius 1 is 1.10 bits per heavy atom. The van der Waals surface area contributed by atoms with Gasteiger partial charge in [0.05, 0.1) is 12.0 Å². The van der Waals surface area contributed by atoms with Gasteiger partial charge in [-0.1, -0.05) is 30.3 Å². The molecule has 1 heterocycles. The highest BCUT2D eigenvalue weighted by Crippen LogP contribution is 2.51. The summed E-state index contributed by atoms with van der Waals surface area (Å²) in [4.78, 5) is 1.03. The van der Waals surface area contributed by atoms with Gasteiger partial charge in [-0.05, 0) is 17.7 Å². The van der Waals surface area contributed by atoms with Gasteiger partial charge in [0.25, 0.3) is 0 Å². The highest BCUT2D eigenvalue weighted by Gasteiger charge is 2.47. The fourth-order valence-electron chi connectivity index (χ4n) is 2.47. The Labute approximate surface area is 128 Å². The largest absolute Gasteiger partial charge is 0.495 e. The molecule has 2 aromatic rings. The van der Waals surface area contributed by atoms with E-state index in [1.807, 2.05) is 18.2 Å². The molecule has 0 saturated heterocycles. The Hall–Kier alpha value is -1.81. The van der Waals surface area contributed by atoms with Crippen LogP contribution in [0.5, 0.6) is 17.2 Å². The average Bonchev–Trinajstić information content (AvgIpc) is 3.29. The normalized spacial score (nSPS) is 21.6. The highest BCUT2D eigenvalue weighted by molar-refractivity contribution is 7.98. The summed E-state index contributed by atoms with van der Waals surface area (Å²) >= 11 is 1.73. The van der Waals surface area contributed by atoms with Crippen LogP contribution >= 0.6 is 11.8 Å². The Morgan fingerprint density at radius 2 is 1.90 bits per heavy atom. The second kappa shape index (κ2) is 5.19. The molecule has 0 radical (unpaired) electrons. The number of hydrogen-bond donors (Lipinski definition) is 0. The molecule has 1 saturated carbocycles. The molecule has 2 aromatic carbocycles. The molecule has 21 heavy (non-hydrogen) atoms. The third-order valence-electron chi connectivity index (χ3n) is 3.71. The lowest BCUT2D eigenvalue weighted by Crippen LogP contribution is -2.16. The number of ether oxygens (including phenoxy) is 3. The summed E-state index contributed by atoms with van der Waals surface area (Å²) in [6.45, 7) is 0. The summed E-state index contributed by atoms with van der Waals surface area (Å²) in [5.41, 5.74) is 1.28. The van der Waals surface area contributed by atoms with Crippen LogP contribution in [0.2, 0.25) is 0 Å². The van der Waals surface area contributed by atoms with Crippen LogP contribution in [0.4, 0.5) is 0 Å². The van der Waals surface area contributed by atoms with E-state index in [1.165, 1.54) is 5.56 Å². The Balaban J connectivity index is 1.63. The smallest absolute Gasteiger partial charge is 0.179 e. The molecular formula is C17H16O3S. The lowest BCUT2D eigenvalue weighted by Gasteiger charge is -2.22. The van der Waals surface area contributed by atoms with Gasteiger partial charge in [-0.2, -0.15) is 0 Å². The molecule has 0 N–H and O–H groups in total. The number of thioether (sulfide) groups is 1. The zero-order chi connectivity index (χ0) is 14.2. The molecular weight excluding hydrogens is 284 g/mol. The first-order valence-corrected chi connectivity index (χ1v) is 8.05. The summed E-state index contributed by atoms with van der Waals surface area (Å²) in [7, 11) is 1.69. The average molecular weight is 300 g/mol. The van der Waals surface area contributed by atoms with Crippen LogP contribution in [0.1, 0.15) is 12.0 Å². The molecule has 0 aromatic heterocycles. The maximum atomic E-state index is 6.04. The molecule has 2 atom stereocenters. The lowest BCUT2D eigenvalue weighted by atomic mass is 10.2. The topological polar surface area (TPSA) is 27.7 Å². The fraction of sp³-hybridized carbons (Fsp3) is 0.294. The van der Waals surface area contributed by atoms with Gasteiger partial charge >= 0.3 is 0 Å². The van der Waals surface area contributed by atoms with E-state index < -0.39 is 0 Å². The Morgan fingerprint density at radius 3 is 2.71 bits per heavy atom. The van der Waals surface area contributed by atoms with Crippen molar-refractivity contribution in [1.29, 1.82) is 0 Å². The van der Waals surface area contributed by atoms with Crippen molar-refractivity contribution in [3.63, 3.8) is 0 Å². The number of methoxy groups -OCH3 is 1. The Kier molecular flexibility index (Phi) is 3.19. The summed E-state index contributed by atoms with van der Waals surface area (Å²) in [6, 6.07) is 14.3. The van der Waals surface area contributed by atoms with E-state index in [1.54, 1.807) is 18.9 Å². The molecule has 4 heteroatoms. The molecule has 108 valence electrons. The fourth-order valence-corrected chi connectivity index (χ4v) is 3.55. The maximum absolute atomic E-state index is 6.04. The number of benzene rings is 2. The van der Waals surface area contributed by atoms with Crippen LogP contribution in [-0.2, 0) is 5.75 Å². The van der Waals surface area contributed by atoms with Crippen LogP contribution in [0.3, 0.4) is 0 Å². The molecule has 1 aliphatic carbocycles. The molecule has 2 aliphatic rings. The van der Waals surface area contributed by atoms with Crippen LogP contribution in [0.15, 0.2) is 47.4 Å². The van der Waals surface area contributed by atoms with Crippen LogP contribution in [0, 0.1) is 0 Å². The lowest BCUT2D eigenvalue weighted by molar-refractivity contribution is 0.160. The minimum absolute atomic E-state index is 0.223. The maximum Gasteiger partial charge on any atom is 0.179 e. The monoisotopic (exact) mass is 300 g/mol. The van der Waals surface area contributed by atoms with Crippen molar-refractivity contribution in [1.82, 2.24) is 0 Å². The van der Waals surface area contributed by atoms with Gasteiger partial charge in [0.15, 0.2) is 11.5 Å².